The molecule has 0 atom stereocenters. The first-order valence-electron chi connectivity index (χ1n) is 11.7. The van der Waals surface area contributed by atoms with E-state index < -0.39 is 0 Å². The van der Waals surface area contributed by atoms with Crippen molar-refractivity contribution in [3.05, 3.63) is 117 Å². The monoisotopic (exact) mass is 452 g/mol. The third kappa shape index (κ3) is 4.27. The fourth-order valence-electron chi connectivity index (χ4n) is 4.74. The topological polar surface area (TPSA) is 53.8 Å². The van der Waals surface area contributed by atoms with Crippen molar-refractivity contribution < 1.29 is 9.21 Å². The molecule has 0 bridgehead atoms. The van der Waals surface area contributed by atoms with E-state index in [9.17, 15) is 9.59 Å². The van der Waals surface area contributed by atoms with Crippen molar-refractivity contribution in [2.75, 3.05) is 26.2 Å². The molecule has 0 spiro atoms. The lowest BCUT2D eigenvalue weighted by molar-refractivity contribution is 0.0568. The Morgan fingerprint density at radius 2 is 1.35 bits per heavy atom. The van der Waals surface area contributed by atoms with Crippen LogP contribution in [-0.2, 0) is 0 Å². The molecule has 0 saturated carbocycles. The molecule has 34 heavy (non-hydrogen) atoms. The predicted molar refractivity (Wildman–Crippen MR) is 134 cm³/mol. The van der Waals surface area contributed by atoms with Gasteiger partial charge in [0.05, 0.1) is 11.4 Å². The lowest BCUT2D eigenvalue weighted by atomic mass is 9.96. The molecule has 1 aliphatic heterocycles. The zero-order valence-corrected chi connectivity index (χ0v) is 19.5. The molecule has 172 valence electrons. The summed E-state index contributed by atoms with van der Waals surface area (Å²) in [4.78, 5) is 30.1. The van der Waals surface area contributed by atoms with E-state index in [1.165, 1.54) is 17.2 Å². The van der Waals surface area contributed by atoms with Crippen LogP contribution in [-0.4, -0.2) is 41.9 Å². The van der Waals surface area contributed by atoms with Gasteiger partial charge in [0.25, 0.3) is 5.91 Å². The normalized spacial score (nSPS) is 14.6. The smallest absolute Gasteiger partial charge is 0.289 e. The summed E-state index contributed by atoms with van der Waals surface area (Å²) in [5.74, 6) is -0.121. The van der Waals surface area contributed by atoms with Crippen LogP contribution in [0.1, 0.15) is 38.9 Å². The van der Waals surface area contributed by atoms with Gasteiger partial charge in [0.2, 0.25) is 0 Å². The molecule has 0 N–H and O–H groups in total. The summed E-state index contributed by atoms with van der Waals surface area (Å²) in [5, 5.41) is 0.512. The van der Waals surface area contributed by atoms with Crippen molar-refractivity contribution in [2.24, 2.45) is 0 Å². The molecule has 2 heterocycles. The van der Waals surface area contributed by atoms with Gasteiger partial charge in [0, 0.05) is 32.2 Å². The van der Waals surface area contributed by atoms with Crippen molar-refractivity contribution in [3.63, 3.8) is 0 Å². The Labute approximate surface area is 199 Å². The van der Waals surface area contributed by atoms with Crippen LogP contribution in [0.4, 0.5) is 0 Å². The number of piperazine rings is 1. The number of rotatable bonds is 4. The molecule has 3 aromatic carbocycles. The summed E-state index contributed by atoms with van der Waals surface area (Å²) in [6.45, 7) is 6.54. The number of amides is 1. The SMILES string of the molecule is Cc1cc2oc(C(=O)N3CCN(C(c4ccccc4)c4ccccc4)CC3)cc(=O)c2cc1C. The van der Waals surface area contributed by atoms with Gasteiger partial charge in [-0.15, -0.1) is 0 Å². The van der Waals surface area contributed by atoms with Gasteiger partial charge in [0.1, 0.15) is 5.58 Å². The molecular weight excluding hydrogens is 424 g/mol. The zero-order valence-electron chi connectivity index (χ0n) is 19.5. The predicted octanol–water partition coefficient (Wildman–Crippen LogP) is 4.96. The Morgan fingerprint density at radius 3 is 1.94 bits per heavy atom. The summed E-state index contributed by atoms with van der Waals surface area (Å²) in [7, 11) is 0. The van der Waals surface area contributed by atoms with Gasteiger partial charge in [-0.3, -0.25) is 14.5 Å². The highest BCUT2D eigenvalue weighted by atomic mass is 16.3. The minimum Gasteiger partial charge on any atom is -0.451 e. The number of nitrogens with zero attached hydrogens (tertiary/aromatic N) is 2. The van der Waals surface area contributed by atoms with Gasteiger partial charge in [0.15, 0.2) is 11.2 Å². The van der Waals surface area contributed by atoms with Gasteiger partial charge in [-0.1, -0.05) is 60.7 Å². The van der Waals surface area contributed by atoms with Gasteiger partial charge in [-0.25, -0.2) is 0 Å². The standard InChI is InChI=1S/C29H28N2O3/c1-20-17-24-25(32)19-27(34-26(24)18-21(20)2)29(33)31-15-13-30(14-16-31)28(22-9-5-3-6-10-22)23-11-7-4-8-12-23/h3-12,17-19,28H,13-16H2,1-2H3. The Bertz CT molecular complexity index is 1330. The average Bonchev–Trinajstić information content (AvgIpc) is 2.87. The molecule has 1 fully saturated rings. The Morgan fingerprint density at radius 1 is 0.794 bits per heavy atom. The Hall–Kier alpha value is -3.70. The van der Waals surface area contributed by atoms with Crippen LogP contribution in [0, 0.1) is 13.8 Å². The Balaban J connectivity index is 1.37. The summed E-state index contributed by atoms with van der Waals surface area (Å²) in [5.41, 5.74) is 4.81. The van der Waals surface area contributed by atoms with E-state index >= 15 is 0 Å². The van der Waals surface area contributed by atoms with Crippen LogP contribution in [0.5, 0.6) is 0 Å². The minimum atomic E-state index is -0.229. The highest BCUT2D eigenvalue weighted by molar-refractivity contribution is 5.93. The second-order valence-electron chi connectivity index (χ2n) is 8.96. The van der Waals surface area contributed by atoms with E-state index in [2.05, 4.69) is 53.4 Å². The molecule has 1 aromatic heterocycles. The van der Waals surface area contributed by atoms with Gasteiger partial charge in [-0.05, 0) is 48.2 Å². The van der Waals surface area contributed by atoms with Crippen LogP contribution in [0.2, 0.25) is 0 Å². The van der Waals surface area contributed by atoms with E-state index in [1.807, 2.05) is 38.1 Å². The molecule has 0 radical (unpaired) electrons. The van der Waals surface area contributed by atoms with Crippen molar-refractivity contribution in [2.45, 2.75) is 19.9 Å². The lowest BCUT2D eigenvalue weighted by Crippen LogP contribution is -2.50. The first-order chi connectivity index (χ1) is 16.5. The van der Waals surface area contributed by atoms with Crippen molar-refractivity contribution in [3.8, 4) is 0 Å². The van der Waals surface area contributed by atoms with E-state index in [-0.39, 0.29) is 23.1 Å². The third-order valence-corrected chi connectivity index (χ3v) is 6.75. The molecule has 0 unspecified atom stereocenters. The Kier molecular flexibility index (Phi) is 6.03. The highest BCUT2D eigenvalue weighted by Crippen LogP contribution is 2.29. The molecule has 1 saturated heterocycles. The first-order valence-corrected chi connectivity index (χ1v) is 11.7. The first kappa shape index (κ1) is 22.1. The van der Waals surface area contributed by atoms with Crippen molar-refractivity contribution in [1.29, 1.82) is 0 Å². The number of carbonyl (C=O) groups is 1. The fraction of sp³-hybridized carbons (Fsp3) is 0.241. The number of aryl methyl sites for hydroxylation is 2. The summed E-state index contributed by atoms with van der Waals surface area (Å²) in [6.07, 6.45) is 0. The molecular formula is C29H28N2O3. The van der Waals surface area contributed by atoms with E-state index in [1.54, 1.807) is 4.90 Å². The maximum Gasteiger partial charge on any atom is 0.289 e. The molecule has 4 aromatic rings. The van der Waals surface area contributed by atoms with Crippen LogP contribution in [0.25, 0.3) is 11.0 Å². The molecule has 0 aliphatic carbocycles. The van der Waals surface area contributed by atoms with Crippen molar-refractivity contribution in [1.82, 2.24) is 9.80 Å². The van der Waals surface area contributed by atoms with E-state index in [0.717, 1.165) is 24.2 Å². The molecule has 5 rings (SSSR count). The fourth-order valence-corrected chi connectivity index (χ4v) is 4.74. The van der Waals surface area contributed by atoms with E-state index in [4.69, 9.17) is 4.42 Å². The molecule has 5 nitrogen and oxygen atoms in total. The lowest BCUT2D eigenvalue weighted by Gasteiger charge is -2.39. The molecule has 1 amide bonds. The summed E-state index contributed by atoms with van der Waals surface area (Å²) in [6, 6.07) is 26.1. The summed E-state index contributed by atoms with van der Waals surface area (Å²) < 4.78 is 5.90. The maximum absolute atomic E-state index is 13.2. The van der Waals surface area contributed by atoms with Gasteiger partial charge < -0.3 is 9.32 Å². The number of fused-ring (bicyclic) bond motifs is 1. The summed E-state index contributed by atoms with van der Waals surface area (Å²) >= 11 is 0. The second-order valence-corrected chi connectivity index (χ2v) is 8.96. The van der Waals surface area contributed by atoms with Gasteiger partial charge in [-0.2, -0.15) is 0 Å². The number of hydrogen-bond donors (Lipinski definition) is 0. The second kappa shape index (κ2) is 9.27. The zero-order chi connectivity index (χ0) is 23.7. The average molecular weight is 453 g/mol. The van der Waals surface area contributed by atoms with Crippen LogP contribution in [0.15, 0.2) is 88.1 Å². The van der Waals surface area contributed by atoms with Crippen LogP contribution in [0.3, 0.4) is 0 Å². The largest absolute Gasteiger partial charge is 0.451 e. The van der Waals surface area contributed by atoms with Crippen LogP contribution < -0.4 is 5.43 Å². The maximum atomic E-state index is 13.2. The number of carbonyl (C=O) groups excluding carboxylic acids is 1. The van der Waals surface area contributed by atoms with Crippen LogP contribution >= 0.6 is 0 Å². The highest BCUT2D eigenvalue weighted by Gasteiger charge is 2.29. The molecule has 5 heteroatoms. The number of hydrogen-bond acceptors (Lipinski definition) is 4. The van der Waals surface area contributed by atoms with E-state index in [0.29, 0.717) is 24.1 Å². The number of benzene rings is 3. The quantitative estimate of drug-likeness (QED) is 0.439. The third-order valence-electron chi connectivity index (χ3n) is 6.75. The van der Waals surface area contributed by atoms with Gasteiger partial charge >= 0.3 is 0 Å². The van der Waals surface area contributed by atoms with Crippen molar-refractivity contribution >= 4 is 16.9 Å². The molecule has 1 aliphatic rings. The minimum absolute atomic E-state index is 0.108.